The number of aromatic carboxylic acids is 1. The quantitative estimate of drug-likeness (QED) is 0.791. The number of rotatable bonds is 3. The zero-order valence-corrected chi connectivity index (χ0v) is 10.1. The van der Waals surface area contributed by atoms with Gasteiger partial charge >= 0.3 is 5.97 Å². The zero-order valence-electron chi connectivity index (χ0n) is 10.1. The summed E-state index contributed by atoms with van der Waals surface area (Å²) in [6, 6.07) is 6.08. The highest BCUT2D eigenvalue weighted by Crippen LogP contribution is 2.16. The number of hydrogen-bond acceptors (Lipinski definition) is 4. The Morgan fingerprint density at radius 2 is 2.00 bits per heavy atom. The first-order valence-corrected chi connectivity index (χ1v) is 5.53. The number of nitrogen functional groups attached to an aromatic ring is 1. The van der Waals surface area contributed by atoms with E-state index in [1.165, 1.54) is 30.5 Å². The maximum atomic E-state index is 13.6. The lowest BCUT2D eigenvalue weighted by Crippen LogP contribution is -2.15. The minimum Gasteiger partial charge on any atom is -0.478 e. The second kappa shape index (κ2) is 5.35. The highest BCUT2D eigenvalue weighted by Gasteiger charge is 2.12. The molecule has 0 fully saturated rings. The summed E-state index contributed by atoms with van der Waals surface area (Å²) < 4.78 is 13.6. The number of benzene rings is 1. The monoisotopic (exact) mass is 275 g/mol. The van der Waals surface area contributed by atoms with E-state index in [0.29, 0.717) is 5.69 Å². The molecule has 1 amide bonds. The Hall–Kier alpha value is -2.96. The van der Waals surface area contributed by atoms with Gasteiger partial charge in [-0.25, -0.2) is 14.2 Å². The van der Waals surface area contributed by atoms with Crippen molar-refractivity contribution in [3.05, 3.63) is 53.6 Å². The van der Waals surface area contributed by atoms with E-state index < -0.39 is 17.7 Å². The van der Waals surface area contributed by atoms with E-state index in [1.807, 2.05) is 0 Å². The van der Waals surface area contributed by atoms with E-state index in [0.717, 1.165) is 6.07 Å². The second-order valence-corrected chi connectivity index (χ2v) is 3.93. The molecule has 0 aliphatic rings. The van der Waals surface area contributed by atoms with Gasteiger partial charge in [-0.05, 0) is 30.3 Å². The van der Waals surface area contributed by atoms with Crippen LogP contribution in [0.1, 0.15) is 20.8 Å². The number of pyridine rings is 1. The lowest BCUT2D eigenvalue weighted by molar-refractivity contribution is 0.0696. The first kappa shape index (κ1) is 13.5. The lowest BCUT2D eigenvalue weighted by atomic mass is 10.2. The van der Waals surface area contributed by atoms with Crippen molar-refractivity contribution in [2.24, 2.45) is 0 Å². The average Bonchev–Trinajstić information content (AvgIpc) is 2.41. The molecule has 2 aromatic rings. The van der Waals surface area contributed by atoms with E-state index in [4.69, 9.17) is 10.8 Å². The van der Waals surface area contributed by atoms with E-state index >= 15 is 0 Å². The molecule has 0 aliphatic carbocycles. The summed E-state index contributed by atoms with van der Waals surface area (Å²) in [7, 11) is 0. The van der Waals surface area contributed by atoms with Crippen LogP contribution in [0.4, 0.5) is 15.8 Å². The van der Waals surface area contributed by atoms with E-state index in [-0.39, 0.29) is 16.9 Å². The van der Waals surface area contributed by atoms with Gasteiger partial charge < -0.3 is 16.2 Å². The summed E-state index contributed by atoms with van der Waals surface area (Å²) in [5.74, 6) is -2.71. The van der Waals surface area contributed by atoms with Crippen molar-refractivity contribution in [3.8, 4) is 0 Å². The Morgan fingerprint density at radius 3 is 2.55 bits per heavy atom. The third kappa shape index (κ3) is 2.89. The number of aromatic nitrogens is 1. The van der Waals surface area contributed by atoms with Crippen LogP contribution in [0.5, 0.6) is 0 Å². The normalized spacial score (nSPS) is 10.1. The van der Waals surface area contributed by atoms with Crippen LogP contribution in [0.3, 0.4) is 0 Å². The number of carbonyl (C=O) groups excluding carboxylic acids is 1. The molecule has 0 unspecified atom stereocenters. The van der Waals surface area contributed by atoms with Crippen LogP contribution in [0.2, 0.25) is 0 Å². The number of nitrogens with one attached hydrogen (secondary N) is 1. The third-order valence-electron chi connectivity index (χ3n) is 2.48. The Bertz CT molecular complexity index is 671. The molecule has 7 heteroatoms. The third-order valence-corrected chi connectivity index (χ3v) is 2.48. The molecule has 0 atom stereocenters. The molecule has 1 heterocycles. The van der Waals surface area contributed by atoms with Crippen molar-refractivity contribution < 1.29 is 19.1 Å². The van der Waals surface area contributed by atoms with Gasteiger partial charge in [0.25, 0.3) is 5.91 Å². The van der Waals surface area contributed by atoms with E-state index in [2.05, 4.69) is 10.3 Å². The Balaban J connectivity index is 2.19. The van der Waals surface area contributed by atoms with Crippen molar-refractivity contribution in [2.75, 3.05) is 11.1 Å². The van der Waals surface area contributed by atoms with Crippen LogP contribution in [0, 0.1) is 5.82 Å². The maximum absolute atomic E-state index is 13.6. The standard InChI is InChI=1S/C13H10FN3O3/c14-9-5-7(13(19)20)1-3-10(9)17-12(18)11-4-2-8(15)6-16-11/h1-6H,15H2,(H,17,18)(H,19,20). The molecule has 0 aliphatic heterocycles. The number of carbonyl (C=O) groups is 2. The predicted octanol–water partition coefficient (Wildman–Crippen LogP) is 1.75. The first-order valence-electron chi connectivity index (χ1n) is 5.53. The van der Waals surface area contributed by atoms with Gasteiger partial charge in [0, 0.05) is 0 Å². The van der Waals surface area contributed by atoms with Gasteiger partial charge in [-0.3, -0.25) is 4.79 Å². The van der Waals surface area contributed by atoms with Crippen LogP contribution in [0.25, 0.3) is 0 Å². The molecule has 4 N–H and O–H groups in total. The minimum atomic E-state index is -1.25. The van der Waals surface area contributed by atoms with Gasteiger partial charge in [-0.1, -0.05) is 0 Å². The van der Waals surface area contributed by atoms with E-state index in [9.17, 15) is 14.0 Å². The highest BCUT2D eigenvalue weighted by molar-refractivity contribution is 6.03. The van der Waals surface area contributed by atoms with Gasteiger partial charge in [0.15, 0.2) is 0 Å². The summed E-state index contributed by atoms with van der Waals surface area (Å²) in [6.07, 6.45) is 1.30. The molecule has 0 saturated heterocycles. The fourth-order valence-corrected chi connectivity index (χ4v) is 1.48. The summed E-state index contributed by atoms with van der Waals surface area (Å²) in [6.45, 7) is 0. The predicted molar refractivity (Wildman–Crippen MR) is 70.0 cm³/mol. The molecule has 20 heavy (non-hydrogen) atoms. The molecular formula is C13H10FN3O3. The van der Waals surface area contributed by atoms with Gasteiger partial charge in [0.2, 0.25) is 0 Å². The van der Waals surface area contributed by atoms with Crippen molar-refractivity contribution in [2.45, 2.75) is 0 Å². The molecular weight excluding hydrogens is 265 g/mol. The summed E-state index contributed by atoms with van der Waals surface area (Å²) >= 11 is 0. The number of anilines is 2. The van der Waals surface area contributed by atoms with Crippen LogP contribution in [-0.2, 0) is 0 Å². The zero-order chi connectivity index (χ0) is 14.7. The van der Waals surface area contributed by atoms with Gasteiger partial charge in [-0.15, -0.1) is 0 Å². The maximum Gasteiger partial charge on any atom is 0.335 e. The van der Waals surface area contributed by atoms with Crippen molar-refractivity contribution in [1.29, 1.82) is 0 Å². The average molecular weight is 275 g/mol. The fourth-order valence-electron chi connectivity index (χ4n) is 1.48. The molecule has 6 nitrogen and oxygen atoms in total. The highest BCUT2D eigenvalue weighted by atomic mass is 19.1. The van der Waals surface area contributed by atoms with Crippen molar-refractivity contribution in [3.63, 3.8) is 0 Å². The number of carboxylic acid groups (broad SMARTS) is 1. The first-order chi connectivity index (χ1) is 9.47. The Morgan fingerprint density at radius 1 is 1.25 bits per heavy atom. The van der Waals surface area contributed by atoms with Crippen LogP contribution < -0.4 is 11.1 Å². The molecule has 2 rings (SSSR count). The van der Waals surface area contributed by atoms with Crippen LogP contribution in [0.15, 0.2) is 36.5 Å². The summed E-state index contributed by atoms with van der Waals surface area (Å²) in [4.78, 5) is 26.3. The molecule has 0 saturated carbocycles. The molecule has 1 aromatic heterocycles. The second-order valence-electron chi connectivity index (χ2n) is 3.93. The molecule has 1 aromatic carbocycles. The number of amides is 1. The molecule has 0 radical (unpaired) electrons. The minimum absolute atomic E-state index is 0.0703. The number of nitrogens with zero attached hydrogens (tertiary/aromatic N) is 1. The van der Waals surface area contributed by atoms with Gasteiger partial charge in [0.1, 0.15) is 11.5 Å². The Labute approximate surface area is 113 Å². The summed E-state index contributed by atoms with van der Waals surface area (Å²) in [5.41, 5.74) is 5.58. The van der Waals surface area contributed by atoms with Crippen molar-refractivity contribution >= 4 is 23.3 Å². The van der Waals surface area contributed by atoms with Crippen LogP contribution >= 0.6 is 0 Å². The Kier molecular flexibility index (Phi) is 3.60. The van der Waals surface area contributed by atoms with Gasteiger partial charge in [-0.2, -0.15) is 0 Å². The SMILES string of the molecule is Nc1ccc(C(=O)Nc2ccc(C(=O)O)cc2F)nc1. The number of carboxylic acids is 1. The lowest BCUT2D eigenvalue weighted by Gasteiger charge is -2.06. The fraction of sp³-hybridized carbons (Fsp3) is 0. The largest absolute Gasteiger partial charge is 0.478 e. The molecule has 102 valence electrons. The van der Waals surface area contributed by atoms with Crippen molar-refractivity contribution in [1.82, 2.24) is 4.98 Å². The topological polar surface area (TPSA) is 105 Å². The molecule has 0 bridgehead atoms. The van der Waals surface area contributed by atoms with Gasteiger partial charge in [0.05, 0.1) is 23.1 Å². The number of nitrogens with two attached hydrogens (primary N) is 1. The summed E-state index contributed by atoms with van der Waals surface area (Å²) in [5, 5.41) is 11.0. The van der Waals surface area contributed by atoms with E-state index in [1.54, 1.807) is 0 Å². The van der Waals surface area contributed by atoms with Crippen LogP contribution in [-0.4, -0.2) is 22.0 Å². The number of halogens is 1. The number of hydrogen-bond donors (Lipinski definition) is 3. The smallest absolute Gasteiger partial charge is 0.335 e. The molecule has 0 spiro atoms.